The lowest BCUT2D eigenvalue weighted by molar-refractivity contribution is -0.119. The van der Waals surface area contributed by atoms with E-state index in [0.717, 1.165) is 6.42 Å². The molecule has 0 bridgehead atoms. The van der Waals surface area contributed by atoms with Gasteiger partial charge in [-0.2, -0.15) is 0 Å². The van der Waals surface area contributed by atoms with Crippen LogP contribution in [0.15, 0.2) is 27.8 Å². The summed E-state index contributed by atoms with van der Waals surface area (Å²) in [6, 6.07) is 5.63. The standard InChI is InChI=1S/C19H25N3O4S/c1-12-6-4-5-7-16(12)20-17(23)11-27-19-22-21-18(26-19)13-8-14(24-2)10-15(9-13)25-3/h8-10,12,16H,4-7,11H2,1-3H3,(H,20,23)/t12-,16+/m1/s1. The minimum Gasteiger partial charge on any atom is -0.497 e. The predicted molar refractivity (Wildman–Crippen MR) is 103 cm³/mol. The molecular weight excluding hydrogens is 366 g/mol. The maximum Gasteiger partial charge on any atom is 0.277 e. The molecule has 1 aliphatic rings. The van der Waals surface area contributed by atoms with Gasteiger partial charge in [0.05, 0.1) is 20.0 Å². The first-order valence-corrected chi connectivity index (χ1v) is 10.1. The summed E-state index contributed by atoms with van der Waals surface area (Å²) in [5.41, 5.74) is 0.700. The first-order chi connectivity index (χ1) is 13.1. The zero-order chi connectivity index (χ0) is 19.2. The number of hydrogen-bond acceptors (Lipinski definition) is 7. The number of methoxy groups -OCH3 is 2. The number of rotatable bonds is 7. The van der Waals surface area contributed by atoms with Crippen LogP contribution in [0.4, 0.5) is 0 Å². The molecule has 1 aromatic heterocycles. The SMILES string of the molecule is COc1cc(OC)cc(-c2nnc(SCC(=O)N[C@H]3CCCC[C@H]3C)o2)c1. The average molecular weight is 391 g/mol. The molecule has 0 spiro atoms. The summed E-state index contributed by atoms with van der Waals surface area (Å²) in [5.74, 6) is 2.42. The van der Waals surface area contributed by atoms with Crippen LogP contribution in [-0.4, -0.2) is 42.1 Å². The molecule has 0 aliphatic heterocycles. The Morgan fingerprint density at radius 3 is 2.56 bits per heavy atom. The summed E-state index contributed by atoms with van der Waals surface area (Å²) >= 11 is 1.24. The number of benzene rings is 1. The van der Waals surface area contributed by atoms with Crippen molar-refractivity contribution in [1.82, 2.24) is 15.5 Å². The topological polar surface area (TPSA) is 86.5 Å². The Morgan fingerprint density at radius 1 is 1.19 bits per heavy atom. The lowest BCUT2D eigenvalue weighted by Gasteiger charge is -2.29. The van der Waals surface area contributed by atoms with Crippen molar-refractivity contribution >= 4 is 17.7 Å². The molecule has 1 saturated carbocycles. The molecular formula is C19H25N3O4S. The van der Waals surface area contributed by atoms with Gasteiger partial charge in [0.1, 0.15) is 11.5 Å². The van der Waals surface area contributed by atoms with Crippen molar-refractivity contribution in [1.29, 1.82) is 0 Å². The Hall–Kier alpha value is -2.22. The van der Waals surface area contributed by atoms with Gasteiger partial charge in [0.15, 0.2) is 0 Å². The number of amides is 1. The van der Waals surface area contributed by atoms with Crippen molar-refractivity contribution in [2.75, 3.05) is 20.0 Å². The van der Waals surface area contributed by atoms with Crippen LogP contribution in [0.2, 0.25) is 0 Å². The summed E-state index contributed by atoms with van der Waals surface area (Å²) in [6.45, 7) is 2.20. The first-order valence-electron chi connectivity index (χ1n) is 9.08. The molecule has 1 fully saturated rings. The second kappa shape index (κ2) is 9.12. The average Bonchev–Trinajstić information content (AvgIpc) is 3.17. The van der Waals surface area contributed by atoms with Crippen LogP contribution in [-0.2, 0) is 4.79 Å². The van der Waals surface area contributed by atoms with E-state index < -0.39 is 0 Å². The van der Waals surface area contributed by atoms with Gasteiger partial charge < -0.3 is 19.2 Å². The number of carbonyl (C=O) groups excluding carboxylic acids is 1. The molecule has 2 atom stereocenters. The quantitative estimate of drug-likeness (QED) is 0.722. The number of ether oxygens (including phenoxy) is 2. The van der Waals surface area contributed by atoms with E-state index in [9.17, 15) is 4.79 Å². The summed E-state index contributed by atoms with van der Waals surface area (Å²) in [4.78, 5) is 12.2. The molecule has 3 rings (SSSR count). The van der Waals surface area contributed by atoms with Crippen molar-refractivity contribution in [3.8, 4) is 23.0 Å². The molecule has 0 saturated heterocycles. The van der Waals surface area contributed by atoms with Gasteiger partial charge in [0.25, 0.3) is 5.22 Å². The van der Waals surface area contributed by atoms with E-state index in [1.165, 1.54) is 31.0 Å². The molecule has 0 unspecified atom stereocenters. The Morgan fingerprint density at radius 2 is 1.89 bits per heavy atom. The largest absolute Gasteiger partial charge is 0.497 e. The van der Waals surface area contributed by atoms with Crippen LogP contribution in [0.25, 0.3) is 11.5 Å². The van der Waals surface area contributed by atoms with Crippen molar-refractivity contribution in [2.24, 2.45) is 5.92 Å². The minimum atomic E-state index is 0.00143. The molecule has 1 N–H and O–H groups in total. The first kappa shape index (κ1) is 19.5. The molecule has 146 valence electrons. The highest BCUT2D eigenvalue weighted by molar-refractivity contribution is 7.99. The maximum atomic E-state index is 12.2. The molecule has 1 amide bonds. The zero-order valence-corrected chi connectivity index (χ0v) is 16.7. The van der Waals surface area contributed by atoms with Crippen molar-refractivity contribution in [2.45, 2.75) is 43.9 Å². The predicted octanol–water partition coefficient (Wildman–Crippen LogP) is 3.54. The van der Waals surface area contributed by atoms with E-state index in [2.05, 4.69) is 22.4 Å². The van der Waals surface area contributed by atoms with Gasteiger partial charge in [0.2, 0.25) is 11.8 Å². The normalized spacial score (nSPS) is 19.5. The number of nitrogens with zero attached hydrogens (tertiary/aromatic N) is 2. The highest BCUT2D eigenvalue weighted by Gasteiger charge is 2.23. The van der Waals surface area contributed by atoms with E-state index in [4.69, 9.17) is 13.9 Å². The lowest BCUT2D eigenvalue weighted by Crippen LogP contribution is -2.41. The molecule has 0 radical (unpaired) electrons. The van der Waals surface area contributed by atoms with Crippen molar-refractivity contribution in [3.63, 3.8) is 0 Å². The van der Waals surface area contributed by atoms with Crippen molar-refractivity contribution in [3.05, 3.63) is 18.2 Å². The highest BCUT2D eigenvalue weighted by Crippen LogP contribution is 2.30. The van der Waals surface area contributed by atoms with Gasteiger partial charge in [-0.05, 0) is 30.9 Å². The molecule has 1 heterocycles. The molecule has 8 heteroatoms. The van der Waals surface area contributed by atoms with Crippen LogP contribution >= 0.6 is 11.8 Å². The maximum absolute atomic E-state index is 12.2. The van der Waals surface area contributed by atoms with Gasteiger partial charge >= 0.3 is 0 Å². The monoisotopic (exact) mass is 391 g/mol. The van der Waals surface area contributed by atoms with E-state index in [1.807, 2.05) is 0 Å². The second-order valence-electron chi connectivity index (χ2n) is 6.70. The summed E-state index contributed by atoms with van der Waals surface area (Å²) in [6.07, 6.45) is 4.66. The number of hydrogen-bond donors (Lipinski definition) is 1. The molecule has 2 aromatic rings. The van der Waals surface area contributed by atoms with Gasteiger partial charge in [-0.15, -0.1) is 10.2 Å². The lowest BCUT2D eigenvalue weighted by atomic mass is 9.86. The summed E-state index contributed by atoms with van der Waals surface area (Å²) in [5, 5.41) is 11.6. The molecule has 1 aliphatic carbocycles. The van der Waals surface area contributed by atoms with E-state index >= 15 is 0 Å². The van der Waals surface area contributed by atoms with E-state index in [-0.39, 0.29) is 17.7 Å². The summed E-state index contributed by atoms with van der Waals surface area (Å²) < 4.78 is 16.2. The van der Waals surface area contributed by atoms with Crippen LogP contribution in [0.3, 0.4) is 0 Å². The van der Waals surface area contributed by atoms with Crippen LogP contribution < -0.4 is 14.8 Å². The number of carbonyl (C=O) groups is 1. The smallest absolute Gasteiger partial charge is 0.277 e. The fraction of sp³-hybridized carbons (Fsp3) is 0.526. The minimum absolute atomic E-state index is 0.00143. The Balaban J connectivity index is 1.59. The van der Waals surface area contributed by atoms with Crippen LogP contribution in [0.5, 0.6) is 11.5 Å². The van der Waals surface area contributed by atoms with Gasteiger partial charge in [0, 0.05) is 17.7 Å². The molecule has 7 nitrogen and oxygen atoms in total. The fourth-order valence-corrected chi connectivity index (χ4v) is 3.80. The second-order valence-corrected chi connectivity index (χ2v) is 7.63. The Labute approximate surface area is 163 Å². The van der Waals surface area contributed by atoms with Crippen LogP contribution in [0.1, 0.15) is 32.6 Å². The van der Waals surface area contributed by atoms with Gasteiger partial charge in [-0.25, -0.2) is 0 Å². The summed E-state index contributed by atoms with van der Waals surface area (Å²) in [7, 11) is 3.17. The fourth-order valence-electron chi connectivity index (χ4n) is 3.22. The van der Waals surface area contributed by atoms with E-state index in [0.29, 0.717) is 34.1 Å². The van der Waals surface area contributed by atoms with Gasteiger partial charge in [-0.1, -0.05) is 31.5 Å². The molecule has 27 heavy (non-hydrogen) atoms. The third-order valence-corrected chi connectivity index (χ3v) is 5.61. The Kier molecular flexibility index (Phi) is 6.60. The van der Waals surface area contributed by atoms with E-state index in [1.54, 1.807) is 32.4 Å². The van der Waals surface area contributed by atoms with Crippen LogP contribution in [0, 0.1) is 5.92 Å². The van der Waals surface area contributed by atoms with Crippen molar-refractivity contribution < 1.29 is 18.7 Å². The van der Waals surface area contributed by atoms with Gasteiger partial charge in [-0.3, -0.25) is 4.79 Å². The third-order valence-electron chi connectivity index (χ3n) is 4.79. The number of aromatic nitrogens is 2. The number of nitrogens with one attached hydrogen (secondary N) is 1. The number of thioether (sulfide) groups is 1. The Bertz CT molecular complexity index is 758. The molecule has 1 aromatic carbocycles. The zero-order valence-electron chi connectivity index (χ0n) is 15.9. The highest BCUT2D eigenvalue weighted by atomic mass is 32.2. The third kappa shape index (κ3) is 5.15.